The van der Waals surface area contributed by atoms with Crippen LogP contribution in [-0.4, -0.2) is 47.9 Å². The van der Waals surface area contributed by atoms with E-state index in [4.69, 9.17) is 14.5 Å². The van der Waals surface area contributed by atoms with E-state index in [1.807, 2.05) is 55.2 Å². The van der Waals surface area contributed by atoms with Crippen LogP contribution in [0.25, 0.3) is 0 Å². The quantitative estimate of drug-likeness (QED) is 0.188. The molecule has 1 heterocycles. The molecule has 0 unspecified atom stereocenters. The fourth-order valence-corrected chi connectivity index (χ4v) is 2.78. The number of halogens is 1. The van der Waals surface area contributed by atoms with Crippen LogP contribution in [0.15, 0.2) is 48.0 Å². The molecule has 1 aromatic heterocycles. The van der Waals surface area contributed by atoms with Crippen LogP contribution in [0.2, 0.25) is 0 Å². The van der Waals surface area contributed by atoms with Gasteiger partial charge < -0.3 is 24.7 Å². The molecule has 0 aliphatic heterocycles. The lowest BCUT2D eigenvalue weighted by molar-refractivity contribution is 0.123. The average Bonchev–Trinajstić information content (AvgIpc) is 3.38. The van der Waals surface area contributed by atoms with E-state index in [1.54, 1.807) is 6.20 Å². The maximum atomic E-state index is 5.71. The summed E-state index contributed by atoms with van der Waals surface area (Å²) in [5.41, 5.74) is 0.972. The monoisotopic (exact) mass is 527 g/mol. The number of hydrogen-bond donors (Lipinski definition) is 2. The van der Waals surface area contributed by atoms with Crippen molar-refractivity contribution in [3.05, 3.63) is 43.0 Å². The number of aliphatic imine (C=N–C) groups is 1. The van der Waals surface area contributed by atoms with Gasteiger partial charge in [0.25, 0.3) is 0 Å². The Hall–Kier alpha value is -1.81. The summed E-state index contributed by atoms with van der Waals surface area (Å²) in [5, 5.41) is 6.77. The van der Waals surface area contributed by atoms with Gasteiger partial charge in [-0.25, -0.2) is 4.98 Å². The first kappa shape index (κ1) is 24.5. The zero-order valence-corrected chi connectivity index (χ0v) is 20.2. The normalized spacial score (nSPS) is 13.8. The summed E-state index contributed by atoms with van der Waals surface area (Å²) >= 11 is 0. The first-order chi connectivity index (χ1) is 14.2. The Kier molecular flexibility index (Phi) is 11.0. The van der Waals surface area contributed by atoms with Gasteiger partial charge in [0.15, 0.2) is 5.96 Å². The highest BCUT2D eigenvalue weighted by Crippen LogP contribution is 2.28. The first-order valence-electron chi connectivity index (χ1n) is 10.5. The maximum Gasteiger partial charge on any atom is 0.195 e. The summed E-state index contributed by atoms with van der Waals surface area (Å²) in [7, 11) is 0. The van der Waals surface area contributed by atoms with Crippen LogP contribution in [0.1, 0.15) is 33.1 Å². The largest absolute Gasteiger partial charge is 0.491 e. The SMILES string of the molecule is CC(C)Oc1ccc(NC(=NCCCOCC2CC2)NCCn2ccnc2)cc1.I. The van der Waals surface area contributed by atoms with Crippen molar-refractivity contribution in [2.75, 3.05) is 31.6 Å². The summed E-state index contributed by atoms with van der Waals surface area (Å²) in [5.74, 6) is 2.44. The summed E-state index contributed by atoms with van der Waals surface area (Å²) < 4.78 is 13.4. The predicted molar refractivity (Wildman–Crippen MR) is 132 cm³/mol. The van der Waals surface area contributed by atoms with Crippen molar-refractivity contribution in [1.82, 2.24) is 14.9 Å². The van der Waals surface area contributed by atoms with Gasteiger partial charge in [-0.1, -0.05) is 0 Å². The molecule has 3 rings (SSSR count). The lowest BCUT2D eigenvalue weighted by atomic mass is 10.3. The Bertz CT molecular complexity index is 730. The van der Waals surface area contributed by atoms with Gasteiger partial charge in [-0.15, -0.1) is 24.0 Å². The molecule has 1 aliphatic rings. The van der Waals surface area contributed by atoms with Crippen molar-refractivity contribution in [2.45, 2.75) is 45.8 Å². The standard InChI is InChI=1S/C22H33N5O2.HI/c1-18(2)29-21-8-6-20(7-9-21)26-22(25-12-14-27-13-11-23-17-27)24-10-3-15-28-16-19-4-5-19;/h6-9,11,13,17-19H,3-5,10,12,14-16H2,1-2H3,(H2,24,25,26);1H. The van der Waals surface area contributed by atoms with Gasteiger partial charge in [0.2, 0.25) is 0 Å². The second-order valence-electron chi connectivity index (χ2n) is 7.65. The van der Waals surface area contributed by atoms with Crippen LogP contribution >= 0.6 is 24.0 Å². The van der Waals surface area contributed by atoms with Crippen LogP contribution in [0.4, 0.5) is 5.69 Å². The summed E-state index contributed by atoms with van der Waals surface area (Å²) in [6.07, 6.45) is 9.30. The molecule has 1 saturated carbocycles. The van der Waals surface area contributed by atoms with E-state index >= 15 is 0 Å². The van der Waals surface area contributed by atoms with Crippen LogP contribution in [-0.2, 0) is 11.3 Å². The van der Waals surface area contributed by atoms with Gasteiger partial charge in [0.1, 0.15) is 5.75 Å². The number of imidazole rings is 1. The summed E-state index contributed by atoms with van der Waals surface area (Å²) in [6.45, 7) is 8.03. The number of rotatable bonds is 12. The van der Waals surface area contributed by atoms with Crippen LogP contribution in [0, 0.1) is 5.92 Å². The molecule has 0 spiro atoms. The van der Waals surface area contributed by atoms with E-state index in [-0.39, 0.29) is 30.1 Å². The second-order valence-corrected chi connectivity index (χ2v) is 7.65. The number of hydrogen-bond acceptors (Lipinski definition) is 4. The molecule has 166 valence electrons. The summed E-state index contributed by atoms with van der Waals surface area (Å²) in [6, 6.07) is 7.95. The van der Waals surface area contributed by atoms with E-state index in [0.29, 0.717) is 0 Å². The molecule has 1 fully saturated rings. The molecule has 0 amide bonds. The fraction of sp³-hybridized carbons (Fsp3) is 0.545. The fourth-order valence-electron chi connectivity index (χ4n) is 2.78. The van der Waals surface area contributed by atoms with Crippen molar-refractivity contribution < 1.29 is 9.47 Å². The number of ether oxygens (including phenoxy) is 2. The molecular formula is C22H34IN5O2. The lowest BCUT2D eigenvalue weighted by Crippen LogP contribution is -2.33. The molecule has 2 N–H and O–H groups in total. The minimum absolute atomic E-state index is 0. The van der Waals surface area contributed by atoms with Gasteiger partial charge in [-0.3, -0.25) is 4.99 Å². The highest BCUT2D eigenvalue weighted by molar-refractivity contribution is 14.0. The third kappa shape index (κ3) is 9.80. The van der Waals surface area contributed by atoms with E-state index in [1.165, 1.54) is 12.8 Å². The Morgan fingerprint density at radius 2 is 2.07 bits per heavy atom. The van der Waals surface area contributed by atoms with E-state index in [9.17, 15) is 0 Å². The van der Waals surface area contributed by atoms with Gasteiger partial charge in [-0.2, -0.15) is 0 Å². The third-order valence-electron chi connectivity index (χ3n) is 4.48. The Balaban J connectivity index is 0.00000320. The van der Waals surface area contributed by atoms with Gasteiger partial charge in [0.05, 0.1) is 12.4 Å². The molecule has 0 radical (unpaired) electrons. The van der Waals surface area contributed by atoms with Crippen LogP contribution in [0.5, 0.6) is 5.75 Å². The Morgan fingerprint density at radius 1 is 1.27 bits per heavy atom. The Labute approximate surface area is 196 Å². The van der Waals surface area contributed by atoms with E-state index in [0.717, 1.165) is 62.6 Å². The third-order valence-corrected chi connectivity index (χ3v) is 4.48. The number of nitrogens with zero attached hydrogens (tertiary/aromatic N) is 3. The highest BCUT2D eigenvalue weighted by Gasteiger charge is 2.20. The molecule has 7 nitrogen and oxygen atoms in total. The number of anilines is 1. The van der Waals surface area contributed by atoms with Crippen molar-refractivity contribution in [2.24, 2.45) is 10.9 Å². The molecule has 0 saturated heterocycles. The zero-order chi connectivity index (χ0) is 20.3. The summed E-state index contributed by atoms with van der Waals surface area (Å²) in [4.78, 5) is 8.77. The number of benzene rings is 1. The molecule has 8 heteroatoms. The highest BCUT2D eigenvalue weighted by atomic mass is 127. The maximum absolute atomic E-state index is 5.71. The molecule has 1 aliphatic carbocycles. The van der Waals surface area contributed by atoms with Gasteiger partial charge >= 0.3 is 0 Å². The molecule has 2 aromatic rings. The van der Waals surface area contributed by atoms with Crippen molar-refractivity contribution in [3.8, 4) is 5.75 Å². The van der Waals surface area contributed by atoms with Gasteiger partial charge in [-0.05, 0) is 63.3 Å². The zero-order valence-electron chi connectivity index (χ0n) is 17.9. The Morgan fingerprint density at radius 3 is 2.73 bits per heavy atom. The first-order valence-corrected chi connectivity index (χ1v) is 10.5. The van der Waals surface area contributed by atoms with Crippen molar-refractivity contribution >= 4 is 35.6 Å². The predicted octanol–water partition coefficient (Wildman–Crippen LogP) is 4.16. The smallest absolute Gasteiger partial charge is 0.195 e. The molecule has 1 aromatic carbocycles. The molecule has 30 heavy (non-hydrogen) atoms. The van der Waals surface area contributed by atoms with Crippen LogP contribution < -0.4 is 15.4 Å². The molecule has 0 bridgehead atoms. The minimum atomic E-state index is 0. The second kappa shape index (κ2) is 13.5. The average molecular weight is 527 g/mol. The van der Waals surface area contributed by atoms with E-state index < -0.39 is 0 Å². The topological polar surface area (TPSA) is 72.7 Å². The van der Waals surface area contributed by atoms with E-state index in [2.05, 4.69) is 15.6 Å². The number of guanidine groups is 1. The van der Waals surface area contributed by atoms with Crippen LogP contribution in [0.3, 0.4) is 0 Å². The molecule has 0 atom stereocenters. The van der Waals surface area contributed by atoms with Crippen molar-refractivity contribution in [3.63, 3.8) is 0 Å². The lowest BCUT2D eigenvalue weighted by Gasteiger charge is -2.14. The van der Waals surface area contributed by atoms with Crippen molar-refractivity contribution in [1.29, 1.82) is 0 Å². The minimum Gasteiger partial charge on any atom is -0.491 e. The number of nitrogens with one attached hydrogen (secondary N) is 2. The van der Waals surface area contributed by atoms with Gasteiger partial charge in [0, 0.05) is 50.9 Å². The number of aromatic nitrogens is 2. The molecular weight excluding hydrogens is 493 g/mol.